The van der Waals surface area contributed by atoms with Crippen molar-refractivity contribution >= 4 is 17.5 Å². The first-order valence-electron chi connectivity index (χ1n) is 8.58. The summed E-state index contributed by atoms with van der Waals surface area (Å²) in [6, 6.07) is 11.8. The molecule has 7 heteroatoms. The Labute approximate surface area is 145 Å². The van der Waals surface area contributed by atoms with Gasteiger partial charge in [0.25, 0.3) is 5.78 Å². The lowest BCUT2D eigenvalue weighted by molar-refractivity contribution is -0.123. The van der Waals surface area contributed by atoms with Crippen molar-refractivity contribution in [1.82, 2.24) is 24.9 Å². The quantitative estimate of drug-likeness (QED) is 0.787. The molecular weight excluding hydrogens is 316 g/mol. The number of anilines is 1. The smallest absolute Gasteiger partial charge is 0.254 e. The van der Waals surface area contributed by atoms with Crippen LogP contribution >= 0.6 is 0 Å². The standard InChI is InChI=1S/C18H20N6O/c1-2-6-15-17(25)19-9-10-23(15)16-11-14(13-7-4-3-5-8-13)22-18-20-12-21-24(16)18/h3-5,7-8,11-12,15H,2,6,9-10H2,1H3,(H,19,25)/t15-/m1/s1. The van der Waals surface area contributed by atoms with Crippen LogP contribution in [-0.2, 0) is 4.79 Å². The van der Waals surface area contributed by atoms with Gasteiger partial charge >= 0.3 is 0 Å². The van der Waals surface area contributed by atoms with E-state index in [2.05, 4.69) is 32.2 Å². The minimum Gasteiger partial charge on any atom is -0.353 e. The minimum absolute atomic E-state index is 0.0689. The van der Waals surface area contributed by atoms with Gasteiger partial charge in [-0.2, -0.15) is 14.6 Å². The number of nitrogens with one attached hydrogen (secondary N) is 1. The maximum atomic E-state index is 12.4. The molecule has 4 rings (SSSR count). The average Bonchev–Trinajstić information content (AvgIpc) is 3.12. The van der Waals surface area contributed by atoms with Crippen LogP contribution in [0.1, 0.15) is 19.8 Å². The van der Waals surface area contributed by atoms with Crippen LogP contribution < -0.4 is 10.2 Å². The van der Waals surface area contributed by atoms with E-state index in [9.17, 15) is 4.79 Å². The van der Waals surface area contributed by atoms with Gasteiger partial charge in [0.1, 0.15) is 18.2 Å². The summed E-state index contributed by atoms with van der Waals surface area (Å²) in [6.45, 7) is 3.45. The third-order valence-corrected chi connectivity index (χ3v) is 4.49. The molecule has 3 heterocycles. The molecule has 25 heavy (non-hydrogen) atoms. The van der Waals surface area contributed by atoms with Gasteiger partial charge in [-0.15, -0.1) is 0 Å². The van der Waals surface area contributed by atoms with E-state index in [0.717, 1.165) is 36.5 Å². The topological polar surface area (TPSA) is 75.4 Å². The number of piperazine rings is 1. The second kappa shape index (κ2) is 6.51. The zero-order chi connectivity index (χ0) is 17.2. The van der Waals surface area contributed by atoms with E-state index in [0.29, 0.717) is 12.3 Å². The molecule has 1 atom stereocenters. The summed E-state index contributed by atoms with van der Waals surface area (Å²) < 4.78 is 1.72. The number of benzene rings is 1. The fraction of sp³-hybridized carbons (Fsp3) is 0.333. The third-order valence-electron chi connectivity index (χ3n) is 4.49. The Balaban J connectivity index is 1.85. The lowest BCUT2D eigenvalue weighted by Gasteiger charge is -2.36. The van der Waals surface area contributed by atoms with Crippen molar-refractivity contribution in [3.05, 3.63) is 42.7 Å². The molecule has 0 unspecified atom stereocenters. The average molecular weight is 336 g/mol. The molecule has 0 bridgehead atoms. The fourth-order valence-electron chi connectivity index (χ4n) is 3.31. The zero-order valence-corrected chi connectivity index (χ0v) is 14.1. The van der Waals surface area contributed by atoms with Crippen LogP contribution in [0.4, 0.5) is 5.82 Å². The van der Waals surface area contributed by atoms with Crippen LogP contribution in [0.25, 0.3) is 17.0 Å². The van der Waals surface area contributed by atoms with E-state index in [-0.39, 0.29) is 11.9 Å². The van der Waals surface area contributed by atoms with Crippen molar-refractivity contribution in [3.63, 3.8) is 0 Å². The fourth-order valence-corrected chi connectivity index (χ4v) is 3.31. The van der Waals surface area contributed by atoms with Crippen molar-refractivity contribution in [2.75, 3.05) is 18.0 Å². The Hall–Kier alpha value is -2.96. The highest BCUT2D eigenvalue weighted by Gasteiger charge is 2.31. The van der Waals surface area contributed by atoms with Gasteiger partial charge in [-0.05, 0) is 6.42 Å². The number of carbonyl (C=O) groups excluding carboxylic acids is 1. The first-order valence-corrected chi connectivity index (χ1v) is 8.58. The highest BCUT2D eigenvalue weighted by Crippen LogP contribution is 2.26. The summed E-state index contributed by atoms with van der Waals surface area (Å²) in [7, 11) is 0. The molecule has 1 fully saturated rings. The van der Waals surface area contributed by atoms with Gasteiger partial charge in [-0.1, -0.05) is 43.7 Å². The largest absolute Gasteiger partial charge is 0.353 e. The van der Waals surface area contributed by atoms with Crippen LogP contribution in [0.15, 0.2) is 42.7 Å². The van der Waals surface area contributed by atoms with Gasteiger partial charge in [-0.3, -0.25) is 4.79 Å². The number of hydrogen-bond acceptors (Lipinski definition) is 5. The SMILES string of the molecule is CCC[C@@H]1C(=O)NCCN1c1cc(-c2ccccc2)nc2ncnn12. The molecule has 1 aliphatic heterocycles. The number of amides is 1. The lowest BCUT2D eigenvalue weighted by atomic mass is 10.1. The highest BCUT2D eigenvalue weighted by molar-refractivity contribution is 5.86. The monoisotopic (exact) mass is 336 g/mol. The van der Waals surface area contributed by atoms with Gasteiger partial charge < -0.3 is 10.2 Å². The van der Waals surface area contributed by atoms with Gasteiger partial charge in [0.15, 0.2) is 0 Å². The predicted molar refractivity (Wildman–Crippen MR) is 95.3 cm³/mol. The Morgan fingerprint density at radius 2 is 2.12 bits per heavy atom. The summed E-state index contributed by atoms with van der Waals surface area (Å²) in [5.41, 5.74) is 1.85. The third kappa shape index (κ3) is 2.82. The summed E-state index contributed by atoms with van der Waals surface area (Å²) in [5, 5.41) is 7.28. The number of aromatic nitrogens is 4. The lowest BCUT2D eigenvalue weighted by Crippen LogP contribution is -2.55. The molecule has 1 aromatic carbocycles. The number of fused-ring (bicyclic) bond motifs is 1. The molecule has 1 N–H and O–H groups in total. The number of carbonyl (C=O) groups is 1. The van der Waals surface area contributed by atoms with Crippen molar-refractivity contribution in [1.29, 1.82) is 0 Å². The Morgan fingerprint density at radius 3 is 2.92 bits per heavy atom. The van der Waals surface area contributed by atoms with Crippen molar-refractivity contribution < 1.29 is 4.79 Å². The maximum absolute atomic E-state index is 12.4. The number of rotatable bonds is 4. The van der Waals surface area contributed by atoms with Gasteiger partial charge in [-0.25, -0.2) is 4.98 Å². The predicted octanol–water partition coefficient (Wildman–Crippen LogP) is 1.90. The molecule has 1 amide bonds. The van der Waals surface area contributed by atoms with E-state index < -0.39 is 0 Å². The van der Waals surface area contributed by atoms with Crippen molar-refractivity contribution in [2.24, 2.45) is 0 Å². The molecule has 7 nitrogen and oxygen atoms in total. The molecule has 3 aromatic rings. The minimum atomic E-state index is -0.197. The molecule has 0 aliphatic carbocycles. The highest BCUT2D eigenvalue weighted by atomic mass is 16.2. The Bertz CT molecular complexity index is 891. The van der Waals surface area contributed by atoms with Crippen LogP contribution in [0.2, 0.25) is 0 Å². The molecular formula is C18H20N6O. The maximum Gasteiger partial charge on any atom is 0.254 e. The molecule has 0 saturated carbocycles. The number of hydrogen-bond donors (Lipinski definition) is 1. The molecule has 0 radical (unpaired) electrons. The van der Waals surface area contributed by atoms with E-state index >= 15 is 0 Å². The van der Waals surface area contributed by atoms with E-state index in [1.165, 1.54) is 6.33 Å². The number of nitrogens with zero attached hydrogens (tertiary/aromatic N) is 5. The van der Waals surface area contributed by atoms with Gasteiger partial charge in [0, 0.05) is 24.7 Å². The van der Waals surface area contributed by atoms with Crippen molar-refractivity contribution in [3.8, 4) is 11.3 Å². The van der Waals surface area contributed by atoms with Crippen LogP contribution in [0.5, 0.6) is 0 Å². The zero-order valence-electron chi connectivity index (χ0n) is 14.1. The van der Waals surface area contributed by atoms with Crippen molar-refractivity contribution in [2.45, 2.75) is 25.8 Å². The summed E-state index contributed by atoms with van der Waals surface area (Å²) >= 11 is 0. The Morgan fingerprint density at radius 1 is 1.28 bits per heavy atom. The van der Waals surface area contributed by atoms with Crippen LogP contribution in [0.3, 0.4) is 0 Å². The van der Waals surface area contributed by atoms with E-state index in [1.54, 1.807) is 4.52 Å². The second-order valence-corrected chi connectivity index (χ2v) is 6.13. The van der Waals surface area contributed by atoms with E-state index in [4.69, 9.17) is 0 Å². The Kier molecular flexibility index (Phi) is 4.05. The molecule has 0 spiro atoms. The summed E-state index contributed by atoms with van der Waals surface area (Å²) in [4.78, 5) is 23.4. The second-order valence-electron chi connectivity index (χ2n) is 6.13. The first kappa shape index (κ1) is 15.6. The molecule has 1 saturated heterocycles. The van der Waals surface area contributed by atoms with Crippen LogP contribution in [-0.4, -0.2) is 44.6 Å². The molecule has 2 aromatic heterocycles. The van der Waals surface area contributed by atoms with Crippen LogP contribution in [0, 0.1) is 0 Å². The van der Waals surface area contributed by atoms with Gasteiger partial charge in [0.05, 0.1) is 5.69 Å². The summed E-state index contributed by atoms with van der Waals surface area (Å²) in [6.07, 6.45) is 3.23. The first-order chi connectivity index (χ1) is 12.3. The normalized spacial score (nSPS) is 17.7. The van der Waals surface area contributed by atoms with E-state index in [1.807, 2.05) is 36.4 Å². The summed E-state index contributed by atoms with van der Waals surface area (Å²) in [5.74, 6) is 1.46. The van der Waals surface area contributed by atoms with Gasteiger partial charge in [0.2, 0.25) is 5.91 Å². The molecule has 128 valence electrons. The molecule has 1 aliphatic rings.